The molecule has 0 aliphatic carbocycles. The molecule has 0 saturated carbocycles. The highest BCUT2D eigenvalue weighted by atomic mass is 16.5. The van der Waals surface area contributed by atoms with Crippen LogP contribution in [0.1, 0.15) is 5.56 Å². The number of carbonyl (C=O) groups is 1. The van der Waals surface area contributed by atoms with Crippen molar-refractivity contribution < 1.29 is 14.6 Å². The Bertz CT molecular complexity index is 743. The summed E-state index contributed by atoms with van der Waals surface area (Å²) in [5.41, 5.74) is 1.09. The van der Waals surface area contributed by atoms with E-state index in [2.05, 4.69) is 5.32 Å². The molecule has 110 valence electrons. The predicted molar refractivity (Wildman–Crippen MR) is 83.3 cm³/mol. The minimum absolute atomic E-state index is 0.0439. The Morgan fingerprint density at radius 2 is 1.91 bits per heavy atom. The van der Waals surface area contributed by atoms with E-state index in [1.54, 1.807) is 36.4 Å². The van der Waals surface area contributed by atoms with Gasteiger partial charge in [-0.3, -0.25) is 4.79 Å². The van der Waals surface area contributed by atoms with Gasteiger partial charge in [0.05, 0.1) is 7.11 Å². The van der Waals surface area contributed by atoms with Gasteiger partial charge in [0.2, 0.25) is 0 Å². The zero-order chi connectivity index (χ0) is 15.9. The lowest BCUT2D eigenvalue weighted by Crippen LogP contribution is -2.13. The number of nitriles is 1. The smallest absolute Gasteiger partial charge is 0.266 e. The van der Waals surface area contributed by atoms with E-state index >= 15 is 0 Å². The summed E-state index contributed by atoms with van der Waals surface area (Å²) in [4.78, 5) is 12.1. The number of ether oxygens (including phenoxy) is 1. The highest BCUT2D eigenvalue weighted by Gasteiger charge is 2.11. The van der Waals surface area contributed by atoms with Crippen molar-refractivity contribution >= 4 is 17.7 Å². The van der Waals surface area contributed by atoms with Gasteiger partial charge in [-0.2, -0.15) is 5.26 Å². The van der Waals surface area contributed by atoms with Crippen LogP contribution in [0.3, 0.4) is 0 Å². The molecule has 0 spiro atoms. The number of aromatic hydroxyl groups is 1. The lowest BCUT2D eigenvalue weighted by atomic mass is 10.1. The first-order chi connectivity index (χ1) is 10.6. The SMILES string of the molecule is COc1ccccc1/C=C(/C#N)C(=O)Nc1ccc(O)cc1. The van der Waals surface area contributed by atoms with Gasteiger partial charge in [-0.05, 0) is 36.4 Å². The fourth-order valence-electron chi connectivity index (χ4n) is 1.83. The number of anilines is 1. The molecule has 0 atom stereocenters. The summed E-state index contributed by atoms with van der Waals surface area (Å²) >= 11 is 0. The molecule has 2 aromatic carbocycles. The van der Waals surface area contributed by atoms with E-state index in [1.807, 2.05) is 6.07 Å². The highest BCUT2D eigenvalue weighted by Crippen LogP contribution is 2.21. The average Bonchev–Trinajstić information content (AvgIpc) is 2.55. The number of rotatable bonds is 4. The van der Waals surface area contributed by atoms with Crippen LogP contribution in [-0.4, -0.2) is 18.1 Å². The Labute approximate surface area is 128 Å². The fraction of sp³-hybridized carbons (Fsp3) is 0.0588. The number of methoxy groups -OCH3 is 1. The lowest BCUT2D eigenvalue weighted by Gasteiger charge is -2.06. The Kier molecular flexibility index (Phi) is 4.78. The molecule has 0 fully saturated rings. The number of nitrogens with zero attached hydrogens (tertiary/aromatic N) is 1. The lowest BCUT2D eigenvalue weighted by molar-refractivity contribution is -0.112. The van der Waals surface area contributed by atoms with Crippen molar-refractivity contribution in [3.63, 3.8) is 0 Å². The van der Waals surface area contributed by atoms with Crippen molar-refractivity contribution in [3.8, 4) is 17.6 Å². The number of amides is 1. The number of para-hydroxylation sites is 1. The maximum absolute atomic E-state index is 12.1. The van der Waals surface area contributed by atoms with Gasteiger partial charge in [-0.1, -0.05) is 18.2 Å². The van der Waals surface area contributed by atoms with Crippen molar-refractivity contribution in [3.05, 3.63) is 59.7 Å². The summed E-state index contributed by atoms with van der Waals surface area (Å²) in [6.45, 7) is 0. The van der Waals surface area contributed by atoms with Crippen LogP contribution in [0, 0.1) is 11.3 Å². The van der Waals surface area contributed by atoms with E-state index in [0.717, 1.165) is 0 Å². The minimum atomic E-state index is -0.529. The average molecular weight is 294 g/mol. The molecule has 22 heavy (non-hydrogen) atoms. The van der Waals surface area contributed by atoms with E-state index in [4.69, 9.17) is 4.74 Å². The summed E-state index contributed by atoms with van der Waals surface area (Å²) < 4.78 is 5.19. The van der Waals surface area contributed by atoms with Gasteiger partial charge in [0.25, 0.3) is 5.91 Å². The molecular weight excluding hydrogens is 280 g/mol. The molecule has 5 heteroatoms. The van der Waals surface area contributed by atoms with E-state index in [0.29, 0.717) is 17.0 Å². The van der Waals surface area contributed by atoms with E-state index in [-0.39, 0.29) is 11.3 Å². The van der Waals surface area contributed by atoms with Crippen molar-refractivity contribution in [1.29, 1.82) is 5.26 Å². The predicted octanol–water partition coefficient (Wildman–Crippen LogP) is 2.95. The van der Waals surface area contributed by atoms with Gasteiger partial charge in [-0.25, -0.2) is 0 Å². The van der Waals surface area contributed by atoms with Crippen LogP contribution in [-0.2, 0) is 4.79 Å². The summed E-state index contributed by atoms with van der Waals surface area (Å²) in [6, 6.07) is 15.0. The molecule has 2 N–H and O–H groups in total. The standard InChI is InChI=1S/C17H14N2O3/c1-22-16-5-3-2-4-12(16)10-13(11-18)17(21)19-14-6-8-15(20)9-7-14/h2-10,20H,1H3,(H,19,21)/b13-10-. The first kappa shape index (κ1) is 15.1. The maximum Gasteiger partial charge on any atom is 0.266 e. The Morgan fingerprint density at radius 3 is 2.55 bits per heavy atom. The molecular formula is C17H14N2O3. The molecule has 0 heterocycles. The van der Waals surface area contributed by atoms with Gasteiger partial charge in [0, 0.05) is 11.3 Å². The molecule has 0 aliphatic rings. The Morgan fingerprint density at radius 1 is 1.23 bits per heavy atom. The van der Waals surface area contributed by atoms with Gasteiger partial charge in [0.1, 0.15) is 23.1 Å². The summed E-state index contributed by atoms with van der Waals surface area (Å²) in [6.07, 6.45) is 1.47. The van der Waals surface area contributed by atoms with E-state index in [1.165, 1.54) is 25.3 Å². The van der Waals surface area contributed by atoms with E-state index in [9.17, 15) is 15.2 Å². The monoisotopic (exact) mass is 294 g/mol. The number of hydrogen-bond donors (Lipinski definition) is 2. The van der Waals surface area contributed by atoms with Crippen molar-refractivity contribution in [2.45, 2.75) is 0 Å². The van der Waals surface area contributed by atoms with Crippen LogP contribution in [0.5, 0.6) is 11.5 Å². The Balaban J connectivity index is 2.24. The molecule has 0 unspecified atom stereocenters. The topological polar surface area (TPSA) is 82.3 Å². The molecule has 0 aliphatic heterocycles. The van der Waals surface area contributed by atoms with Crippen LogP contribution < -0.4 is 10.1 Å². The summed E-state index contributed by atoms with van der Waals surface area (Å²) in [5.74, 6) is 0.148. The number of phenolic OH excluding ortho intramolecular Hbond substituents is 1. The van der Waals surface area contributed by atoms with Crippen molar-refractivity contribution in [2.24, 2.45) is 0 Å². The Hall–Kier alpha value is -3.26. The largest absolute Gasteiger partial charge is 0.508 e. The molecule has 2 rings (SSSR count). The van der Waals surface area contributed by atoms with Crippen LogP contribution in [0.4, 0.5) is 5.69 Å². The number of benzene rings is 2. The number of carbonyl (C=O) groups excluding carboxylic acids is 1. The summed E-state index contributed by atoms with van der Waals surface area (Å²) in [5, 5.41) is 21.0. The minimum Gasteiger partial charge on any atom is -0.508 e. The van der Waals surface area contributed by atoms with Crippen LogP contribution in [0.2, 0.25) is 0 Å². The van der Waals surface area contributed by atoms with Gasteiger partial charge in [0.15, 0.2) is 0 Å². The normalized spacial score (nSPS) is 10.6. The zero-order valence-corrected chi connectivity index (χ0v) is 11.9. The third-order valence-electron chi connectivity index (χ3n) is 2.93. The third kappa shape index (κ3) is 3.64. The second kappa shape index (κ2) is 6.95. The first-order valence-corrected chi connectivity index (χ1v) is 6.49. The van der Waals surface area contributed by atoms with Crippen molar-refractivity contribution in [2.75, 3.05) is 12.4 Å². The molecule has 0 radical (unpaired) electrons. The van der Waals surface area contributed by atoms with Crippen LogP contribution >= 0.6 is 0 Å². The quantitative estimate of drug-likeness (QED) is 0.516. The van der Waals surface area contributed by atoms with Gasteiger partial charge < -0.3 is 15.2 Å². The first-order valence-electron chi connectivity index (χ1n) is 6.49. The van der Waals surface area contributed by atoms with Crippen molar-refractivity contribution in [1.82, 2.24) is 0 Å². The molecule has 1 amide bonds. The molecule has 2 aromatic rings. The fourth-order valence-corrected chi connectivity index (χ4v) is 1.83. The number of hydrogen-bond acceptors (Lipinski definition) is 4. The molecule has 0 aromatic heterocycles. The van der Waals surface area contributed by atoms with Crippen LogP contribution in [0.15, 0.2) is 54.1 Å². The zero-order valence-electron chi connectivity index (χ0n) is 11.9. The van der Waals surface area contributed by atoms with Gasteiger partial charge in [-0.15, -0.1) is 0 Å². The molecule has 5 nitrogen and oxygen atoms in total. The number of nitrogens with one attached hydrogen (secondary N) is 1. The second-order valence-corrected chi connectivity index (χ2v) is 4.41. The molecule has 0 saturated heterocycles. The third-order valence-corrected chi connectivity index (χ3v) is 2.93. The number of phenols is 1. The maximum atomic E-state index is 12.1. The van der Waals surface area contributed by atoms with Gasteiger partial charge >= 0.3 is 0 Å². The summed E-state index contributed by atoms with van der Waals surface area (Å²) in [7, 11) is 1.52. The van der Waals surface area contributed by atoms with Crippen LogP contribution in [0.25, 0.3) is 6.08 Å². The highest BCUT2D eigenvalue weighted by molar-refractivity contribution is 6.09. The van der Waals surface area contributed by atoms with E-state index < -0.39 is 5.91 Å². The molecule has 0 bridgehead atoms. The second-order valence-electron chi connectivity index (χ2n) is 4.41.